The van der Waals surface area contributed by atoms with Gasteiger partial charge in [0.2, 0.25) is 5.91 Å². The third kappa shape index (κ3) is 3.67. The molecule has 1 saturated heterocycles. The number of ether oxygens (including phenoxy) is 1. The molecule has 0 radical (unpaired) electrons. The van der Waals surface area contributed by atoms with Crippen LogP contribution in [0.15, 0.2) is 60.1 Å². The van der Waals surface area contributed by atoms with Crippen molar-refractivity contribution in [1.82, 2.24) is 14.8 Å². The summed E-state index contributed by atoms with van der Waals surface area (Å²) >= 11 is 1.65. The van der Waals surface area contributed by atoms with Crippen LogP contribution in [-0.4, -0.2) is 47.6 Å². The average Bonchev–Trinajstić information content (AvgIpc) is 3.54. The predicted molar refractivity (Wildman–Crippen MR) is 120 cm³/mol. The highest BCUT2D eigenvalue weighted by molar-refractivity contribution is 7.10. The number of nitrogens with one attached hydrogen (secondary N) is 1. The summed E-state index contributed by atoms with van der Waals surface area (Å²) in [5.41, 5.74) is 1.93. The first-order chi connectivity index (χ1) is 15.1. The van der Waals surface area contributed by atoms with E-state index in [9.17, 15) is 9.59 Å². The highest BCUT2D eigenvalue weighted by Crippen LogP contribution is 2.35. The molecule has 1 fully saturated rings. The topological polar surface area (TPSA) is 66.8 Å². The Kier molecular flexibility index (Phi) is 5.15. The summed E-state index contributed by atoms with van der Waals surface area (Å²) in [4.78, 5) is 30.6. The van der Waals surface area contributed by atoms with Crippen molar-refractivity contribution < 1.29 is 14.3 Å². The number of fused-ring (bicyclic) bond motifs is 1. The molecule has 2 atom stereocenters. The van der Waals surface area contributed by atoms with Crippen molar-refractivity contribution in [2.45, 2.75) is 25.0 Å². The van der Waals surface area contributed by atoms with Crippen LogP contribution in [-0.2, 0) is 11.3 Å². The minimum atomic E-state index is -0.222. The van der Waals surface area contributed by atoms with Crippen molar-refractivity contribution in [3.05, 3.63) is 70.7 Å². The van der Waals surface area contributed by atoms with E-state index in [4.69, 9.17) is 4.74 Å². The molecule has 1 aromatic carbocycles. The molecule has 1 N–H and O–H groups in total. The van der Waals surface area contributed by atoms with Crippen LogP contribution in [0.5, 0.6) is 5.75 Å². The fourth-order valence-electron chi connectivity index (χ4n) is 4.42. The Bertz CT molecular complexity index is 1080. The zero-order valence-corrected chi connectivity index (χ0v) is 18.0. The number of nitrogens with zero attached hydrogens (tertiary/aromatic N) is 3. The number of carbonyl (C=O) groups is 2. The third-order valence-electron chi connectivity index (χ3n) is 5.95. The van der Waals surface area contributed by atoms with Gasteiger partial charge in [-0.15, -0.1) is 11.3 Å². The van der Waals surface area contributed by atoms with Gasteiger partial charge in [0.15, 0.2) is 0 Å². The molecule has 0 bridgehead atoms. The molecule has 5 rings (SSSR count). The lowest BCUT2D eigenvalue weighted by Crippen LogP contribution is -2.50. The Hall–Kier alpha value is -3.26. The van der Waals surface area contributed by atoms with E-state index in [0.29, 0.717) is 19.5 Å². The largest absolute Gasteiger partial charge is 0.497 e. The Morgan fingerprint density at radius 2 is 1.97 bits per heavy atom. The van der Waals surface area contributed by atoms with Crippen molar-refractivity contribution in [2.24, 2.45) is 0 Å². The minimum Gasteiger partial charge on any atom is -0.497 e. The van der Waals surface area contributed by atoms with Gasteiger partial charge in [0.1, 0.15) is 11.8 Å². The van der Waals surface area contributed by atoms with Gasteiger partial charge in [-0.05, 0) is 47.8 Å². The fraction of sp³-hybridized carbons (Fsp3) is 0.304. The molecule has 2 aliphatic heterocycles. The highest BCUT2D eigenvalue weighted by Gasteiger charge is 2.36. The summed E-state index contributed by atoms with van der Waals surface area (Å²) in [6, 6.07) is 15.1. The smallest absolute Gasteiger partial charge is 0.318 e. The maximum atomic E-state index is 13.3. The maximum absolute atomic E-state index is 13.3. The van der Waals surface area contributed by atoms with Crippen LogP contribution in [0.25, 0.3) is 0 Å². The van der Waals surface area contributed by atoms with E-state index >= 15 is 0 Å². The number of urea groups is 1. The zero-order chi connectivity index (χ0) is 21.4. The second-order valence-electron chi connectivity index (χ2n) is 7.79. The Labute approximate surface area is 184 Å². The normalized spacial score (nSPS) is 20.6. The molecular formula is C23H24N4O3S. The molecule has 0 aliphatic carbocycles. The molecule has 0 saturated carbocycles. The summed E-state index contributed by atoms with van der Waals surface area (Å²) in [7, 11) is 1.61. The summed E-state index contributed by atoms with van der Waals surface area (Å²) in [6.45, 7) is 1.85. The predicted octanol–water partition coefficient (Wildman–Crippen LogP) is 3.48. The summed E-state index contributed by atoms with van der Waals surface area (Å²) in [6.07, 6.45) is 2.36. The van der Waals surface area contributed by atoms with Crippen LogP contribution in [0.1, 0.15) is 23.0 Å². The standard InChI is InChI=1S/C23H24N4O3S/c1-30-18-8-6-17(7-9-18)27-15-16(14-21(27)28)24-23(29)26-12-11-25-10-2-4-19(25)22(26)20-5-3-13-31-20/h2-10,13,16,22H,11-12,14-15H2,1H3,(H,24,29). The maximum Gasteiger partial charge on any atom is 0.318 e. The summed E-state index contributed by atoms with van der Waals surface area (Å²) in [5.74, 6) is 0.757. The van der Waals surface area contributed by atoms with E-state index in [0.717, 1.165) is 28.6 Å². The number of hydrogen-bond acceptors (Lipinski definition) is 4. The number of rotatable bonds is 4. The van der Waals surface area contributed by atoms with E-state index in [2.05, 4.69) is 28.2 Å². The molecular weight excluding hydrogens is 412 g/mol. The van der Waals surface area contributed by atoms with Crippen molar-refractivity contribution in [2.75, 3.05) is 25.1 Å². The lowest BCUT2D eigenvalue weighted by Gasteiger charge is -2.37. The van der Waals surface area contributed by atoms with Gasteiger partial charge in [0, 0.05) is 48.5 Å². The van der Waals surface area contributed by atoms with E-state index in [1.165, 1.54) is 0 Å². The SMILES string of the molecule is COc1ccc(N2CC(NC(=O)N3CCn4cccc4C3c3cccs3)CC2=O)cc1. The van der Waals surface area contributed by atoms with Crippen molar-refractivity contribution in [3.63, 3.8) is 0 Å². The Morgan fingerprint density at radius 1 is 1.13 bits per heavy atom. The molecule has 0 spiro atoms. The molecule has 31 heavy (non-hydrogen) atoms. The fourth-order valence-corrected chi connectivity index (χ4v) is 5.27. The van der Waals surface area contributed by atoms with Gasteiger partial charge < -0.3 is 24.4 Å². The Morgan fingerprint density at radius 3 is 2.71 bits per heavy atom. The number of benzene rings is 1. The first-order valence-electron chi connectivity index (χ1n) is 10.3. The zero-order valence-electron chi connectivity index (χ0n) is 17.2. The van der Waals surface area contributed by atoms with Crippen LogP contribution in [0.2, 0.25) is 0 Å². The van der Waals surface area contributed by atoms with Gasteiger partial charge in [0.05, 0.1) is 13.2 Å². The molecule has 2 unspecified atom stereocenters. The number of methoxy groups -OCH3 is 1. The molecule has 8 heteroatoms. The highest BCUT2D eigenvalue weighted by atomic mass is 32.1. The number of hydrogen-bond donors (Lipinski definition) is 1. The summed E-state index contributed by atoms with van der Waals surface area (Å²) < 4.78 is 7.40. The first kappa shape index (κ1) is 19.7. The lowest BCUT2D eigenvalue weighted by atomic mass is 10.1. The average molecular weight is 437 g/mol. The van der Waals surface area contributed by atoms with Gasteiger partial charge in [-0.2, -0.15) is 0 Å². The van der Waals surface area contributed by atoms with E-state index in [1.807, 2.05) is 46.7 Å². The van der Waals surface area contributed by atoms with Crippen LogP contribution in [0.4, 0.5) is 10.5 Å². The second-order valence-corrected chi connectivity index (χ2v) is 8.77. The molecule has 3 amide bonds. The van der Waals surface area contributed by atoms with Gasteiger partial charge in [0.25, 0.3) is 0 Å². The first-order valence-corrected chi connectivity index (χ1v) is 11.2. The van der Waals surface area contributed by atoms with Crippen LogP contribution >= 0.6 is 11.3 Å². The molecule has 7 nitrogen and oxygen atoms in total. The van der Waals surface area contributed by atoms with Crippen LogP contribution in [0, 0.1) is 0 Å². The van der Waals surface area contributed by atoms with Crippen molar-refractivity contribution in [3.8, 4) is 5.75 Å². The van der Waals surface area contributed by atoms with Crippen molar-refractivity contribution >= 4 is 29.0 Å². The van der Waals surface area contributed by atoms with E-state index in [-0.39, 0.29) is 24.0 Å². The van der Waals surface area contributed by atoms with Crippen LogP contribution < -0.4 is 15.0 Å². The number of carbonyl (C=O) groups excluding carboxylic acids is 2. The number of thiophene rings is 1. The molecule has 2 aliphatic rings. The van der Waals surface area contributed by atoms with Gasteiger partial charge in [-0.1, -0.05) is 6.07 Å². The minimum absolute atomic E-state index is 0.0118. The van der Waals surface area contributed by atoms with Crippen molar-refractivity contribution in [1.29, 1.82) is 0 Å². The molecule has 160 valence electrons. The summed E-state index contributed by atoms with van der Waals surface area (Å²) in [5, 5.41) is 5.15. The number of aromatic nitrogens is 1. The lowest BCUT2D eigenvalue weighted by molar-refractivity contribution is -0.117. The quantitative estimate of drug-likeness (QED) is 0.681. The third-order valence-corrected chi connectivity index (χ3v) is 6.87. The van der Waals surface area contributed by atoms with Gasteiger partial charge >= 0.3 is 6.03 Å². The number of amides is 3. The molecule has 2 aromatic heterocycles. The molecule has 3 aromatic rings. The van der Waals surface area contributed by atoms with Gasteiger partial charge in [-0.25, -0.2) is 4.79 Å². The second kappa shape index (κ2) is 8.11. The van der Waals surface area contributed by atoms with Gasteiger partial charge in [-0.3, -0.25) is 4.79 Å². The monoisotopic (exact) mass is 436 g/mol. The molecule has 4 heterocycles. The van der Waals surface area contributed by atoms with E-state index in [1.54, 1.807) is 23.3 Å². The Balaban J connectivity index is 1.31. The number of anilines is 1. The van der Waals surface area contributed by atoms with E-state index < -0.39 is 0 Å². The van der Waals surface area contributed by atoms with Crippen LogP contribution in [0.3, 0.4) is 0 Å².